The predicted octanol–water partition coefficient (Wildman–Crippen LogP) is 5.04. The lowest BCUT2D eigenvalue weighted by atomic mass is 9.46. The van der Waals surface area contributed by atoms with Crippen LogP contribution < -0.4 is 5.73 Å². The Balaban J connectivity index is 1.51. The highest BCUT2D eigenvalue weighted by Crippen LogP contribution is 2.66. The van der Waals surface area contributed by atoms with Crippen molar-refractivity contribution in [3.63, 3.8) is 0 Å². The zero-order valence-corrected chi connectivity index (χ0v) is 19.9. The van der Waals surface area contributed by atoms with E-state index in [-0.39, 0.29) is 22.7 Å². The van der Waals surface area contributed by atoms with Crippen molar-refractivity contribution in [3.05, 3.63) is 11.6 Å². The number of fused-ring (bicyclic) bond motifs is 5. The topological polar surface area (TPSA) is 81.8 Å². The summed E-state index contributed by atoms with van der Waals surface area (Å²) in [4.78, 5) is 29.6. The number of rotatable bonds is 4. The molecule has 7 atom stereocenters. The van der Waals surface area contributed by atoms with Gasteiger partial charge in [-0.25, -0.2) is 4.79 Å². The standard InChI is InChI=1S/C26H40N2O3/c1-15(2)23(27)24(30)31-28-18-10-12-25(4)17(14-18)6-7-19-21-9-8-20(16(3)29)26(21,5)13-11-22(19)25/h14-15,19-23H,6-13,27H2,1-5H3/b28-18-/t19-,20?,21-,22-,23-,25-,26+/m0/s1. The van der Waals surface area contributed by atoms with Gasteiger partial charge in [-0.2, -0.15) is 0 Å². The summed E-state index contributed by atoms with van der Waals surface area (Å²) in [5.41, 5.74) is 8.63. The van der Waals surface area contributed by atoms with E-state index in [0.29, 0.717) is 17.6 Å². The molecule has 2 N–H and O–H groups in total. The van der Waals surface area contributed by atoms with E-state index in [1.165, 1.54) is 31.3 Å². The molecule has 1 unspecified atom stereocenters. The molecule has 0 aromatic heterocycles. The molecular weight excluding hydrogens is 388 g/mol. The van der Waals surface area contributed by atoms with Crippen molar-refractivity contribution < 1.29 is 14.4 Å². The smallest absolute Gasteiger partial charge is 0.318 e. The Morgan fingerprint density at radius 1 is 1.10 bits per heavy atom. The zero-order chi connectivity index (χ0) is 22.6. The van der Waals surface area contributed by atoms with Gasteiger partial charge in [-0.05, 0) is 98.9 Å². The van der Waals surface area contributed by atoms with Crippen LogP contribution >= 0.6 is 0 Å². The Labute approximate surface area is 187 Å². The quantitative estimate of drug-likeness (QED) is 0.502. The number of allylic oxidation sites excluding steroid dienone is 2. The van der Waals surface area contributed by atoms with Crippen LogP contribution in [0, 0.1) is 40.4 Å². The maximum Gasteiger partial charge on any atom is 0.351 e. The number of carbonyl (C=O) groups is 2. The maximum absolute atomic E-state index is 12.3. The Hall–Kier alpha value is -1.49. The number of nitrogens with zero attached hydrogens (tertiary/aromatic N) is 1. The largest absolute Gasteiger partial charge is 0.351 e. The minimum absolute atomic E-state index is 0.0335. The van der Waals surface area contributed by atoms with Crippen molar-refractivity contribution in [3.8, 4) is 0 Å². The van der Waals surface area contributed by atoms with Gasteiger partial charge in [0.2, 0.25) is 0 Å². The van der Waals surface area contributed by atoms with Crippen molar-refractivity contribution >= 4 is 17.5 Å². The monoisotopic (exact) mass is 428 g/mol. The molecule has 0 amide bonds. The molecule has 0 radical (unpaired) electrons. The zero-order valence-electron chi connectivity index (χ0n) is 19.9. The van der Waals surface area contributed by atoms with E-state index in [0.717, 1.165) is 37.3 Å². The molecule has 4 aliphatic carbocycles. The minimum Gasteiger partial charge on any atom is -0.318 e. The van der Waals surface area contributed by atoms with Crippen LogP contribution in [0.3, 0.4) is 0 Å². The van der Waals surface area contributed by atoms with Gasteiger partial charge in [0, 0.05) is 5.92 Å². The van der Waals surface area contributed by atoms with E-state index in [1.54, 1.807) is 6.92 Å². The Morgan fingerprint density at radius 2 is 1.84 bits per heavy atom. The molecule has 0 saturated heterocycles. The third kappa shape index (κ3) is 3.71. The number of hydrogen-bond acceptors (Lipinski definition) is 5. The Morgan fingerprint density at radius 3 is 2.52 bits per heavy atom. The summed E-state index contributed by atoms with van der Waals surface area (Å²) in [5, 5.41) is 4.18. The fraction of sp³-hybridized carbons (Fsp3) is 0.808. The van der Waals surface area contributed by atoms with Crippen LogP contribution in [-0.2, 0) is 14.4 Å². The van der Waals surface area contributed by atoms with Crippen molar-refractivity contribution in [2.45, 2.75) is 92.0 Å². The normalized spacial score (nSPS) is 41.8. The van der Waals surface area contributed by atoms with Crippen molar-refractivity contribution in [1.82, 2.24) is 0 Å². The van der Waals surface area contributed by atoms with Crippen LogP contribution in [-0.4, -0.2) is 23.5 Å². The third-order valence-corrected chi connectivity index (χ3v) is 9.71. The number of Topliss-reactive ketones (excluding diaryl/α,β-unsaturated/α-hetero) is 1. The molecule has 0 heterocycles. The van der Waals surface area contributed by atoms with E-state index in [1.807, 2.05) is 13.8 Å². The highest BCUT2D eigenvalue weighted by Gasteiger charge is 2.59. The van der Waals surface area contributed by atoms with Crippen LogP contribution in [0.4, 0.5) is 0 Å². The average molecular weight is 429 g/mol. The first kappa shape index (κ1) is 22.7. The fourth-order valence-electron chi connectivity index (χ4n) is 7.75. The van der Waals surface area contributed by atoms with Crippen molar-refractivity contribution in [2.75, 3.05) is 0 Å². The van der Waals surface area contributed by atoms with Crippen LogP contribution in [0.1, 0.15) is 86.0 Å². The number of ketones is 1. The first-order chi connectivity index (χ1) is 14.6. The molecule has 4 aliphatic rings. The summed E-state index contributed by atoms with van der Waals surface area (Å²) < 4.78 is 0. The van der Waals surface area contributed by atoms with Gasteiger partial charge in [-0.1, -0.05) is 38.4 Å². The van der Waals surface area contributed by atoms with Crippen molar-refractivity contribution in [2.24, 2.45) is 51.3 Å². The first-order valence-corrected chi connectivity index (χ1v) is 12.3. The van der Waals surface area contributed by atoms with E-state index in [4.69, 9.17) is 10.6 Å². The molecule has 0 aromatic rings. The summed E-state index contributed by atoms with van der Waals surface area (Å²) in [7, 11) is 0. The molecule has 172 valence electrons. The van der Waals surface area contributed by atoms with Gasteiger partial charge in [0.25, 0.3) is 0 Å². The van der Waals surface area contributed by atoms with E-state index in [2.05, 4.69) is 25.1 Å². The van der Waals surface area contributed by atoms with Gasteiger partial charge in [0.05, 0.1) is 5.71 Å². The molecule has 0 aromatic carbocycles. The number of oxime groups is 1. The summed E-state index contributed by atoms with van der Waals surface area (Å²) >= 11 is 0. The van der Waals surface area contributed by atoms with E-state index >= 15 is 0 Å². The fourth-order valence-corrected chi connectivity index (χ4v) is 7.75. The number of carbonyl (C=O) groups excluding carboxylic acids is 2. The van der Waals surface area contributed by atoms with Gasteiger partial charge in [0.15, 0.2) is 0 Å². The van der Waals surface area contributed by atoms with Gasteiger partial charge < -0.3 is 10.6 Å². The van der Waals surface area contributed by atoms with E-state index < -0.39 is 12.0 Å². The molecular formula is C26H40N2O3. The van der Waals surface area contributed by atoms with E-state index in [9.17, 15) is 9.59 Å². The van der Waals surface area contributed by atoms with Crippen molar-refractivity contribution in [1.29, 1.82) is 0 Å². The highest BCUT2D eigenvalue weighted by atomic mass is 16.7. The molecule has 3 saturated carbocycles. The SMILES string of the molecule is CC(=O)C1CC[C@H]2[C@@H]3CCC4=C/C(=N\OC(=O)[C@@H](N)C(C)C)CC[C@]4(C)[C@H]3CC[C@]12C. The Kier molecular flexibility index (Phi) is 5.95. The van der Waals surface area contributed by atoms with Crippen LogP contribution in [0.15, 0.2) is 16.8 Å². The summed E-state index contributed by atoms with van der Waals surface area (Å²) in [6.45, 7) is 10.5. The lowest BCUT2D eigenvalue weighted by molar-refractivity contribution is -0.146. The highest BCUT2D eigenvalue weighted by molar-refractivity contribution is 5.96. The van der Waals surface area contributed by atoms with Crippen LogP contribution in [0.25, 0.3) is 0 Å². The molecule has 5 heteroatoms. The predicted molar refractivity (Wildman–Crippen MR) is 122 cm³/mol. The third-order valence-electron chi connectivity index (χ3n) is 9.71. The first-order valence-electron chi connectivity index (χ1n) is 12.3. The van der Waals surface area contributed by atoms with Gasteiger partial charge in [-0.15, -0.1) is 0 Å². The minimum atomic E-state index is -0.636. The lowest BCUT2D eigenvalue weighted by Gasteiger charge is -2.58. The van der Waals surface area contributed by atoms with Crippen LogP contribution in [0.2, 0.25) is 0 Å². The lowest BCUT2D eigenvalue weighted by Crippen LogP contribution is -2.51. The molecule has 0 spiro atoms. The second-order valence-electron chi connectivity index (χ2n) is 11.6. The number of nitrogens with two attached hydrogens (primary N) is 1. The molecule has 3 fully saturated rings. The second kappa shape index (κ2) is 8.13. The van der Waals surface area contributed by atoms with Gasteiger partial charge in [0.1, 0.15) is 11.8 Å². The van der Waals surface area contributed by atoms with Gasteiger partial charge in [-0.3, -0.25) is 4.79 Å². The van der Waals surface area contributed by atoms with Gasteiger partial charge >= 0.3 is 5.97 Å². The maximum atomic E-state index is 12.3. The number of hydrogen-bond donors (Lipinski definition) is 1. The molecule has 4 rings (SSSR count). The molecule has 0 aliphatic heterocycles. The summed E-state index contributed by atoms with van der Waals surface area (Å²) in [6, 6.07) is -0.636. The Bertz CT molecular complexity index is 815. The summed E-state index contributed by atoms with van der Waals surface area (Å²) in [6.07, 6.45) is 11.1. The summed E-state index contributed by atoms with van der Waals surface area (Å²) in [5.74, 6) is 2.35. The molecule has 31 heavy (non-hydrogen) atoms. The molecule has 5 nitrogen and oxygen atoms in total. The average Bonchev–Trinajstić information content (AvgIpc) is 3.08. The van der Waals surface area contributed by atoms with Crippen LogP contribution in [0.5, 0.6) is 0 Å². The second-order valence-corrected chi connectivity index (χ2v) is 11.6. The molecule has 0 bridgehead atoms.